The van der Waals surface area contributed by atoms with E-state index in [-0.39, 0.29) is 0 Å². The molecule has 118 valence electrons. The van der Waals surface area contributed by atoms with Gasteiger partial charge < -0.3 is 15.0 Å². The number of morpholine rings is 1. The highest BCUT2D eigenvalue weighted by Crippen LogP contribution is 2.14. The smallest absolute Gasteiger partial charge is 0.0829 e. The van der Waals surface area contributed by atoms with E-state index in [9.17, 15) is 0 Å². The Morgan fingerprint density at radius 3 is 2.85 bits per heavy atom. The predicted octanol–water partition coefficient (Wildman–Crippen LogP) is 1.42. The summed E-state index contributed by atoms with van der Waals surface area (Å²) in [4.78, 5) is 5.14. The first kappa shape index (κ1) is 16.2. The summed E-state index contributed by atoms with van der Waals surface area (Å²) in [5.41, 5.74) is 0. The van der Waals surface area contributed by atoms with Crippen LogP contribution in [0.3, 0.4) is 0 Å². The first-order valence-electron chi connectivity index (χ1n) is 8.47. The molecule has 2 fully saturated rings. The Morgan fingerprint density at radius 2 is 2.20 bits per heavy atom. The average Bonchev–Trinajstić information content (AvgIpc) is 2.48. The second-order valence-electron chi connectivity index (χ2n) is 6.65. The first-order chi connectivity index (χ1) is 9.69. The van der Waals surface area contributed by atoms with Gasteiger partial charge in [-0.2, -0.15) is 0 Å². The summed E-state index contributed by atoms with van der Waals surface area (Å²) in [6.07, 6.45) is 3.11. The molecule has 4 nitrogen and oxygen atoms in total. The van der Waals surface area contributed by atoms with Crippen LogP contribution < -0.4 is 5.32 Å². The van der Waals surface area contributed by atoms with Crippen molar-refractivity contribution in [1.82, 2.24) is 15.1 Å². The second-order valence-corrected chi connectivity index (χ2v) is 6.65. The summed E-state index contributed by atoms with van der Waals surface area (Å²) in [6.45, 7) is 15.8. The number of hydrogen-bond donors (Lipinski definition) is 1. The Balaban J connectivity index is 1.76. The van der Waals surface area contributed by atoms with Gasteiger partial charge in [-0.3, -0.25) is 4.90 Å². The van der Waals surface area contributed by atoms with Gasteiger partial charge in [-0.1, -0.05) is 6.92 Å². The number of rotatable bonds is 6. The molecular formula is C16H33N3O. The minimum atomic E-state index is 0.391. The van der Waals surface area contributed by atoms with Crippen LogP contribution in [0.15, 0.2) is 0 Å². The minimum Gasteiger partial charge on any atom is -0.374 e. The van der Waals surface area contributed by atoms with Gasteiger partial charge in [0.15, 0.2) is 0 Å². The summed E-state index contributed by atoms with van der Waals surface area (Å²) in [6, 6.07) is 0.638. The predicted molar refractivity (Wildman–Crippen MR) is 84.2 cm³/mol. The SMILES string of the molecule is CCN(CC1CCCNC1)CC1CN(C(C)C)CCO1. The zero-order valence-corrected chi connectivity index (χ0v) is 13.6. The van der Waals surface area contributed by atoms with E-state index in [1.807, 2.05) is 0 Å². The van der Waals surface area contributed by atoms with E-state index in [1.165, 1.54) is 32.5 Å². The fraction of sp³-hybridized carbons (Fsp3) is 1.00. The topological polar surface area (TPSA) is 27.7 Å². The quantitative estimate of drug-likeness (QED) is 0.798. The van der Waals surface area contributed by atoms with Gasteiger partial charge in [0.1, 0.15) is 0 Å². The Labute approximate surface area is 124 Å². The van der Waals surface area contributed by atoms with Gasteiger partial charge in [-0.25, -0.2) is 0 Å². The maximum Gasteiger partial charge on any atom is 0.0829 e. The maximum atomic E-state index is 5.98. The Morgan fingerprint density at radius 1 is 1.35 bits per heavy atom. The maximum absolute atomic E-state index is 5.98. The molecule has 2 atom stereocenters. The van der Waals surface area contributed by atoms with Crippen LogP contribution in [-0.4, -0.2) is 74.4 Å². The number of ether oxygens (including phenoxy) is 1. The van der Waals surface area contributed by atoms with Crippen molar-refractivity contribution in [2.45, 2.75) is 45.8 Å². The summed E-state index contributed by atoms with van der Waals surface area (Å²) >= 11 is 0. The van der Waals surface area contributed by atoms with Gasteiger partial charge in [0.05, 0.1) is 12.7 Å². The van der Waals surface area contributed by atoms with Crippen LogP contribution in [0.2, 0.25) is 0 Å². The van der Waals surface area contributed by atoms with Crippen LogP contribution in [0.5, 0.6) is 0 Å². The fourth-order valence-electron chi connectivity index (χ4n) is 3.39. The lowest BCUT2D eigenvalue weighted by molar-refractivity contribution is -0.0531. The molecule has 2 rings (SSSR count). The van der Waals surface area contributed by atoms with E-state index in [0.717, 1.165) is 38.7 Å². The molecule has 0 amide bonds. The molecule has 0 saturated carbocycles. The first-order valence-corrected chi connectivity index (χ1v) is 8.47. The molecule has 0 aliphatic carbocycles. The van der Waals surface area contributed by atoms with Crippen LogP contribution in [0.25, 0.3) is 0 Å². The van der Waals surface area contributed by atoms with E-state index < -0.39 is 0 Å². The molecule has 4 heteroatoms. The van der Waals surface area contributed by atoms with Gasteiger partial charge in [-0.15, -0.1) is 0 Å². The molecule has 2 heterocycles. The normalized spacial score (nSPS) is 29.2. The van der Waals surface area contributed by atoms with E-state index in [2.05, 4.69) is 35.9 Å². The van der Waals surface area contributed by atoms with Gasteiger partial charge in [0.2, 0.25) is 0 Å². The number of likely N-dealkylation sites (N-methyl/N-ethyl adjacent to an activating group) is 1. The molecule has 0 aromatic carbocycles. The molecule has 0 aromatic heterocycles. The van der Waals surface area contributed by atoms with Crippen molar-refractivity contribution in [2.24, 2.45) is 5.92 Å². The van der Waals surface area contributed by atoms with Crippen molar-refractivity contribution < 1.29 is 4.74 Å². The lowest BCUT2D eigenvalue weighted by atomic mass is 9.99. The molecule has 2 aliphatic heterocycles. The average molecular weight is 283 g/mol. The van der Waals surface area contributed by atoms with Crippen LogP contribution in [-0.2, 0) is 4.74 Å². The monoisotopic (exact) mass is 283 g/mol. The third kappa shape index (κ3) is 4.99. The highest BCUT2D eigenvalue weighted by Gasteiger charge is 2.25. The molecule has 20 heavy (non-hydrogen) atoms. The zero-order chi connectivity index (χ0) is 14.4. The third-order valence-corrected chi connectivity index (χ3v) is 4.72. The number of nitrogens with zero attached hydrogens (tertiary/aromatic N) is 2. The second kappa shape index (κ2) is 8.32. The summed E-state index contributed by atoms with van der Waals surface area (Å²) < 4.78 is 5.98. The van der Waals surface area contributed by atoms with Crippen molar-refractivity contribution in [3.8, 4) is 0 Å². The van der Waals surface area contributed by atoms with Crippen LogP contribution in [0, 0.1) is 5.92 Å². The minimum absolute atomic E-state index is 0.391. The standard InChI is InChI=1S/C16H33N3O/c1-4-18(11-15-6-5-7-17-10-15)12-16-13-19(14(2)3)8-9-20-16/h14-17H,4-13H2,1-3H3. The van der Waals surface area contributed by atoms with Crippen molar-refractivity contribution >= 4 is 0 Å². The Kier molecular flexibility index (Phi) is 6.75. The molecule has 2 aliphatic rings. The lowest BCUT2D eigenvalue weighted by Gasteiger charge is -2.38. The van der Waals surface area contributed by atoms with Crippen LogP contribution in [0.4, 0.5) is 0 Å². The highest BCUT2D eigenvalue weighted by atomic mass is 16.5. The summed E-state index contributed by atoms with van der Waals surface area (Å²) in [5.74, 6) is 0.827. The van der Waals surface area contributed by atoms with Crippen LogP contribution >= 0.6 is 0 Å². The zero-order valence-electron chi connectivity index (χ0n) is 13.6. The van der Waals surface area contributed by atoms with E-state index in [0.29, 0.717) is 12.1 Å². The third-order valence-electron chi connectivity index (χ3n) is 4.72. The Hall–Kier alpha value is -0.160. The number of hydrogen-bond acceptors (Lipinski definition) is 4. The van der Waals surface area contributed by atoms with Crippen molar-refractivity contribution in [3.05, 3.63) is 0 Å². The van der Waals surface area contributed by atoms with Crippen molar-refractivity contribution in [1.29, 1.82) is 0 Å². The molecule has 1 N–H and O–H groups in total. The van der Waals surface area contributed by atoms with Crippen molar-refractivity contribution in [3.63, 3.8) is 0 Å². The molecule has 2 unspecified atom stereocenters. The van der Waals surface area contributed by atoms with Crippen molar-refractivity contribution in [2.75, 3.05) is 52.4 Å². The lowest BCUT2D eigenvalue weighted by Crippen LogP contribution is -2.50. The van der Waals surface area contributed by atoms with Crippen LogP contribution in [0.1, 0.15) is 33.6 Å². The number of nitrogens with one attached hydrogen (secondary N) is 1. The highest BCUT2D eigenvalue weighted by molar-refractivity contribution is 4.79. The fourth-order valence-corrected chi connectivity index (χ4v) is 3.39. The van der Waals surface area contributed by atoms with E-state index in [4.69, 9.17) is 4.74 Å². The molecular weight excluding hydrogens is 250 g/mol. The molecule has 0 spiro atoms. The number of piperidine rings is 1. The Bertz CT molecular complexity index is 266. The molecule has 2 saturated heterocycles. The summed E-state index contributed by atoms with van der Waals surface area (Å²) in [7, 11) is 0. The molecule has 0 radical (unpaired) electrons. The van der Waals surface area contributed by atoms with E-state index >= 15 is 0 Å². The van der Waals surface area contributed by atoms with Gasteiger partial charge in [0, 0.05) is 32.2 Å². The van der Waals surface area contributed by atoms with Gasteiger partial charge in [0.25, 0.3) is 0 Å². The largest absolute Gasteiger partial charge is 0.374 e. The molecule has 0 bridgehead atoms. The molecule has 0 aromatic rings. The van der Waals surface area contributed by atoms with E-state index in [1.54, 1.807) is 0 Å². The summed E-state index contributed by atoms with van der Waals surface area (Å²) in [5, 5.41) is 3.52. The van der Waals surface area contributed by atoms with Gasteiger partial charge >= 0.3 is 0 Å². The van der Waals surface area contributed by atoms with Gasteiger partial charge in [-0.05, 0) is 52.2 Å².